The van der Waals surface area contributed by atoms with Crippen LogP contribution in [0, 0.1) is 0 Å². The summed E-state index contributed by atoms with van der Waals surface area (Å²) in [6, 6.07) is 6.30. The second-order valence-electron chi connectivity index (χ2n) is 17.2. The van der Waals surface area contributed by atoms with E-state index in [1.165, 1.54) is 7.11 Å². The Morgan fingerprint density at radius 3 is 1.07 bits per heavy atom. The Morgan fingerprint density at radius 2 is 0.760 bits per heavy atom. The number of esters is 2. The average Bonchev–Trinajstić information content (AvgIpc) is 3.39. The second kappa shape index (κ2) is 44.4. The molecule has 0 saturated carbocycles. The molecule has 2 aromatic rings. The number of nitrogens with zero attached hydrogens (tertiary/aromatic N) is 4. The Labute approximate surface area is 442 Å². The third kappa shape index (κ3) is 36.8. The van der Waals surface area contributed by atoms with E-state index in [1.54, 1.807) is 48.3 Å². The summed E-state index contributed by atoms with van der Waals surface area (Å²) in [5.74, 6) is -0.0339. The highest BCUT2D eigenvalue weighted by molar-refractivity contribution is 5.77. The Kier molecular flexibility index (Phi) is 40.5. The molecule has 0 radical (unpaired) electrons. The van der Waals surface area contributed by atoms with E-state index in [4.69, 9.17) is 52.1 Å². The number of carbonyl (C=O) groups is 4. The van der Waals surface area contributed by atoms with Crippen LogP contribution in [0.5, 0.6) is 11.5 Å². The summed E-state index contributed by atoms with van der Waals surface area (Å²) < 4.78 is 63.7. The van der Waals surface area contributed by atoms with Crippen molar-refractivity contribution >= 4 is 23.8 Å². The molecule has 24 heteroatoms. The molecular formula is C51H86N4O20. The summed E-state index contributed by atoms with van der Waals surface area (Å²) >= 11 is 0. The summed E-state index contributed by atoms with van der Waals surface area (Å²) in [4.78, 5) is 60.5. The van der Waals surface area contributed by atoms with Crippen LogP contribution < -0.4 is 9.47 Å². The van der Waals surface area contributed by atoms with Crippen molar-refractivity contribution in [3.05, 3.63) is 47.0 Å². The maximum Gasteiger partial charge on any atom is 0.306 e. The fraction of sp³-hybridized carbons (Fsp3) is 0.725. The third-order valence-electron chi connectivity index (χ3n) is 9.96. The lowest BCUT2D eigenvalue weighted by atomic mass is 10.2. The van der Waals surface area contributed by atoms with Gasteiger partial charge in [-0.3, -0.25) is 29.1 Å². The van der Waals surface area contributed by atoms with Crippen molar-refractivity contribution in [1.29, 1.82) is 0 Å². The number of ether oxygens (including phenoxy) is 12. The zero-order chi connectivity index (χ0) is 55.4. The molecular weight excluding hydrogens is 989 g/mol. The van der Waals surface area contributed by atoms with Crippen molar-refractivity contribution < 1.29 is 96.4 Å². The molecule has 4 N–H and O–H groups in total. The number of hydrogen-bond acceptors (Lipinski definition) is 22. The first-order valence-corrected chi connectivity index (χ1v) is 25.2. The van der Waals surface area contributed by atoms with Gasteiger partial charge in [0.2, 0.25) is 11.8 Å². The van der Waals surface area contributed by atoms with Crippen molar-refractivity contribution in [3.63, 3.8) is 0 Å². The van der Waals surface area contributed by atoms with Crippen LogP contribution in [0.4, 0.5) is 0 Å². The average molecular weight is 1080 g/mol. The quantitative estimate of drug-likeness (QED) is 0.0543. The molecule has 75 heavy (non-hydrogen) atoms. The molecule has 0 aromatic carbocycles. The number of rotatable bonds is 44. The summed E-state index contributed by atoms with van der Waals surface area (Å²) in [5.41, 5.74) is 0.942. The number of aliphatic hydroxyl groups is 4. The summed E-state index contributed by atoms with van der Waals surface area (Å²) in [6.45, 7) is 11.9. The van der Waals surface area contributed by atoms with Crippen molar-refractivity contribution in [1.82, 2.24) is 19.8 Å². The first-order chi connectivity index (χ1) is 36.2. The molecule has 0 saturated heterocycles. The highest BCUT2D eigenvalue weighted by atomic mass is 16.6. The number of aliphatic hydroxyl groups excluding tert-OH is 4. The van der Waals surface area contributed by atoms with Crippen molar-refractivity contribution in [3.8, 4) is 11.5 Å². The van der Waals surface area contributed by atoms with Gasteiger partial charge in [0.05, 0.1) is 175 Å². The SMILES string of the molecule is COCCOCCOCCOCCC(=O)N(CCCC(=O)OC(C)(C)C)CCOc1cc(CO)nc(CO)c1.COCCOCCOCCOCCC(=O)N(CCCC(=O)OC)CCOc1cc(CO)nc(CO)c1. The van der Waals surface area contributed by atoms with Gasteiger partial charge < -0.3 is 87.1 Å². The maximum atomic E-state index is 12.9. The Morgan fingerprint density at radius 1 is 0.440 bits per heavy atom. The first kappa shape index (κ1) is 68.3. The number of aromatic nitrogens is 2. The summed E-state index contributed by atoms with van der Waals surface area (Å²) in [7, 11) is 4.55. The van der Waals surface area contributed by atoms with E-state index in [0.717, 1.165) is 0 Å². The molecule has 2 amide bonds. The molecule has 0 bridgehead atoms. The molecule has 24 nitrogen and oxygen atoms in total. The fourth-order valence-corrected chi connectivity index (χ4v) is 6.33. The molecule has 2 aromatic heterocycles. The molecule has 0 fully saturated rings. The van der Waals surface area contributed by atoms with Crippen LogP contribution in [0.2, 0.25) is 0 Å². The van der Waals surface area contributed by atoms with E-state index in [9.17, 15) is 39.6 Å². The Bertz CT molecular complexity index is 1760. The molecule has 0 atom stereocenters. The predicted molar refractivity (Wildman–Crippen MR) is 271 cm³/mol. The van der Waals surface area contributed by atoms with Gasteiger partial charge in [-0.1, -0.05) is 0 Å². The van der Waals surface area contributed by atoms with Gasteiger partial charge >= 0.3 is 11.9 Å². The molecule has 430 valence electrons. The fourth-order valence-electron chi connectivity index (χ4n) is 6.33. The molecule has 0 aliphatic rings. The number of amides is 2. The molecule has 2 rings (SSSR count). The van der Waals surface area contributed by atoms with Crippen LogP contribution in [0.3, 0.4) is 0 Å². The monoisotopic (exact) mass is 1070 g/mol. The van der Waals surface area contributed by atoms with Gasteiger partial charge in [0.25, 0.3) is 0 Å². The molecule has 0 unspecified atom stereocenters. The van der Waals surface area contributed by atoms with Gasteiger partial charge in [-0.05, 0) is 33.6 Å². The Hall–Kier alpha value is -4.70. The van der Waals surface area contributed by atoms with Gasteiger partial charge in [-0.2, -0.15) is 0 Å². The molecule has 2 heterocycles. The van der Waals surface area contributed by atoms with Gasteiger partial charge in [0, 0.05) is 64.4 Å². The lowest BCUT2D eigenvalue weighted by Gasteiger charge is -2.24. The van der Waals surface area contributed by atoms with Crippen LogP contribution in [-0.2, 0) is 93.0 Å². The Balaban J connectivity index is 0.000000752. The molecule has 0 spiro atoms. The number of pyridine rings is 2. The van der Waals surface area contributed by atoms with E-state index < -0.39 is 5.60 Å². The largest absolute Gasteiger partial charge is 0.492 e. The topological polar surface area (TPSA) is 292 Å². The van der Waals surface area contributed by atoms with Crippen molar-refractivity contribution in [2.75, 3.05) is 153 Å². The van der Waals surface area contributed by atoms with Gasteiger partial charge in [0.15, 0.2) is 0 Å². The third-order valence-corrected chi connectivity index (χ3v) is 9.96. The molecule has 0 aliphatic carbocycles. The minimum absolute atomic E-state index is 0.127. The van der Waals surface area contributed by atoms with Gasteiger partial charge in [0.1, 0.15) is 30.3 Å². The zero-order valence-corrected chi connectivity index (χ0v) is 45.1. The van der Waals surface area contributed by atoms with Crippen LogP contribution >= 0.6 is 0 Å². The molecule has 0 aliphatic heterocycles. The van der Waals surface area contributed by atoms with Gasteiger partial charge in [-0.25, -0.2) is 0 Å². The summed E-state index contributed by atoms with van der Waals surface area (Å²) in [5, 5.41) is 37.4. The minimum atomic E-state index is -0.566. The number of methoxy groups -OCH3 is 3. The van der Waals surface area contributed by atoms with Crippen molar-refractivity contribution in [2.24, 2.45) is 0 Å². The summed E-state index contributed by atoms with van der Waals surface area (Å²) in [6.07, 6.45) is 1.64. The van der Waals surface area contributed by atoms with Crippen LogP contribution in [-0.4, -0.2) is 223 Å². The highest BCUT2D eigenvalue weighted by Gasteiger charge is 2.19. The van der Waals surface area contributed by atoms with Crippen molar-refractivity contribution in [2.45, 2.75) is 91.3 Å². The van der Waals surface area contributed by atoms with Gasteiger partial charge in [-0.15, -0.1) is 0 Å². The smallest absolute Gasteiger partial charge is 0.306 e. The van der Waals surface area contributed by atoms with E-state index in [0.29, 0.717) is 139 Å². The normalized spacial score (nSPS) is 11.2. The standard InChI is InChI=1S/C27H46N2O10.C24H40N2O10/c1-27(2,3)39-26(33)6-5-8-29(9-11-38-24-18-22(20-30)28-23(19-24)21-31)25(32)7-10-35-14-15-37-17-16-36-13-12-34-4;1-31-10-11-34-14-15-35-13-12-33-8-5-23(29)26(6-3-4-24(30)32-2)7-9-36-22-16-20(18-27)25-21(17-22)19-28/h18-19,30-31H,5-17,20-21H2,1-4H3;16-17,27-28H,3-15,18-19H2,1-2H3. The highest BCUT2D eigenvalue weighted by Crippen LogP contribution is 2.17. The van der Waals surface area contributed by atoms with Crippen LogP contribution in [0.25, 0.3) is 0 Å². The lowest BCUT2D eigenvalue weighted by Crippen LogP contribution is -2.36. The first-order valence-electron chi connectivity index (χ1n) is 25.2. The number of hydrogen-bond donors (Lipinski definition) is 4. The number of carbonyl (C=O) groups excluding carboxylic acids is 4. The minimum Gasteiger partial charge on any atom is -0.492 e. The van der Waals surface area contributed by atoms with E-state index in [-0.39, 0.29) is 115 Å². The van der Waals surface area contributed by atoms with E-state index >= 15 is 0 Å². The van der Waals surface area contributed by atoms with E-state index in [1.807, 2.05) is 20.8 Å². The van der Waals surface area contributed by atoms with Crippen LogP contribution in [0.1, 0.15) is 82.1 Å². The maximum absolute atomic E-state index is 12.9. The predicted octanol–water partition coefficient (Wildman–Crippen LogP) is 1.79. The lowest BCUT2D eigenvalue weighted by molar-refractivity contribution is -0.155. The second-order valence-corrected chi connectivity index (χ2v) is 17.2. The van der Waals surface area contributed by atoms with E-state index in [2.05, 4.69) is 14.7 Å². The zero-order valence-electron chi connectivity index (χ0n) is 45.1. The van der Waals surface area contributed by atoms with Crippen LogP contribution in [0.15, 0.2) is 24.3 Å².